The lowest BCUT2D eigenvalue weighted by molar-refractivity contribution is -0.155. The number of aromatic amines is 1. The van der Waals surface area contributed by atoms with Gasteiger partial charge in [-0.1, -0.05) is 0 Å². The number of hydrogen-bond donors (Lipinski definition) is 2. The highest BCUT2D eigenvalue weighted by atomic mass is 16.4. The number of nitrogens with one attached hydrogen (secondary N) is 1. The van der Waals surface area contributed by atoms with Crippen molar-refractivity contribution < 1.29 is 14.7 Å². The number of carboxylic acids is 1. The molecule has 0 aliphatic heterocycles. The van der Waals surface area contributed by atoms with Crippen molar-refractivity contribution in [2.75, 3.05) is 7.05 Å². The molecule has 0 unspecified atom stereocenters. The average molecular weight is 198 g/mol. The van der Waals surface area contributed by atoms with E-state index in [1.807, 2.05) is 0 Å². The number of amides is 1. The summed E-state index contributed by atoms with van der Waals surface area (Å²) >= 11 is 0. The minimum absolute atomic E-state index is 0.0788. The Labute approximate surface area is 79.8 Å². The van der Waals surface area contributed by atoms with E-state index in [1.165, 1.54) is 7.05 Å². The molecule has 0 radical (unpaired) electrons. The Morgan fingerprint density at radius 3 is 2.64 bits per heavy atom. The Kier molecular flexibility index (Phi) is 2.80. The molecule has 7 heteroatoms. The Bertz CT molecular complexity index is 360. The largest absolute Gasteiger partial charge is 0.474 e. The number of H-pyrrole nitrogens is 1. The third-order valence-electron chi connectivity index (χ3n) is 1.55. The van der Waals surface area contributed by atoms with Gasteiger partial charge in [-0.3, -0.25) is 9.89 Å². The van der Waals surface area contributed by atoms with Crippen molar-refractivity contribution in [1.82, 2.24) is 20.1 Å². The van der Waals surface area contributed by atoms with Gasteiger partial charge in [-0.2, -0.15) is 5.10 Å². The Morgan fingerprint density at radius 2 is 2.21 bits per heavy atom. The lowest BCUT2D eigenvalue weighted by atomic mass is 10.5. The topological polar surface area (TPSA) is 99.2 Å². The fourth-order valence-electron chi connectivity index (χ4n) is 0.907. The van der Waals surface area contributed by atoms with E-state index < -0.39 is 11.9 Å². The van der Waals surface area contributed by atoms with Crippen molar-refractivity contribution in [2.45, 2.75) is 13.5 Å². The molecule has 0 aliphatic carbocycles. The highest BCUT2D eigenvalue weighted by molar-refractivity contribution is 6.31. The third kappa shape index (κ3) is 2.28. The van der Waals surface area contributed by atoms with Gasteiger partial charge in [0.05, 0.1) is 6.54 Å². The first-order valence-electron chi connectivity index (χ1n) is 3.87. The van der Waals surface area contributed by atoms with E-state index in [9.17, 15) is 9.59 Å². The standard InChI is InChI=1S/C7H10N4O3/c1-4-8-5(10-9-4)3-11(2)6(12)7(13)14/h3H2,1-2H3,(H,13,14)(H,8,9,10). The first-order chi connectivity index (χ1) is 6.50. The Balaban J connectivity index is 2.61. The number of rotatable bonds is 2. The summed E-state index contributed by atoms with van der Waals surface area (Å²) in [6, 6.07) is 0. The molecule has 0 bridgehead atoms. The van der Waals surface area contributed by atoms with Crippen LogP contribution in [0.4, 0.5) is 0 Å². The number of likely N-dealkylation sites (N-methyl/N-ethyl adjacent to an activating group) is 1. The SMILES string of the molecule is Cc1nc(CN(C)C(=O)C(=O)O)n[nH]1. The number of aryl methyl sites for hydroxylation is 1. The van der Waals surface area contributed by atoms with Crippen LogP contribution in [0.3, 0.4) is 0 Å². The van der Waals surface area contributed by atoms with Crippen LogP contribution in [-0.4, -0.2) is 44.1 Å². The first kappa shape index (κ1) is 10.2. The fourth-order valence-corrected chi connectivity index (χ4v) is 0.907. The molecule has 0 saturated heterocycles. The molecule has 1 rings (SSSR count). The van der Waals surface area contributed by atoms with Crippen LogP contribution in [0, 0.1) is 6.92 Å². The Morgan fingerprint density at radius 1 is 1.57 bits per heavy atom. The molecule has 0 fully saturated rings. The van der Waals surface area contributed by atoms with Gasteiger partial charge < -0.3 is 10.0 Å². The number of carbonyl (C=O) groups is 2. The highest BCUT2D eigenvalue weighted by Gasteiger charge is 2.18. The number of hydrogen-bond acceptors (Lipinski definition) is 4. The zero-order chi connectivity index (χ0) is 10.7. The van der Waals surface area contributed by atoms with E-state index in [1.54, 1.807) is 6.92 Å². The molecule has 1 aromatic rings. The normalized spacial score (nSPS) is 9.86. The molecule has 1 heterocycles. The maximum Gasteiger partial charge on any atom is 0.394 e. The van der Waals surface area contributed by atoms with Crippen molar-refractivity contribution >= 4 is 11.9 Å². The molecule has 2 N–H and O–H groups in total. The second kappa shape index (κ2) is 3.86. The van der Waals surface area contributed by atoms with Crippen molar-refractivity contribution in [3.63, 3.8) is 0 Å². The zero-order valence-electron chi connectivity index (χ0n) is 7.81. The first-order valence-corrected chi connectivity index (χ1v) is 3.87. The van der Waals surface area contributed by atoms with E-state index in [4.69, 9.17) is 5.11 Å². The van der Waals surface area contributed by atoms with Gasteiger partial charge in [-0.25, -0.2) is 9.78 Å². The lowest BCUT2D eigenvalue weighted by Gasteiger charge is -2.11. The minimum atomic E-state index is -1.49. The maximum absolute atomic E-state index is 10.9. The highest BCUT2D eigenvalue weighted by Crippen LogP contribution is 1.96. The molecule has 7 nitrogen and oxygen atoms in total. The van der Waals surface area contributed by atoms with Crippen LogP contribution in [0.25, 0.3) is 0 Å². The van der Waals surface area contributed by atoms with Crippen LogP contribution in [0.5, 0.6) is 0 Å². The zero-order valence-corrected chi connectivity index (χ0v) is 7.81. The predicted octanol–water partition coefficient (Wildman–Crippen LogP) is -0.844. The fraction of sp³-hybridized carbons (Fsp3) is 0.429. The number of carboxylic acid groups (broad SMARTS) is 1. The van der Waals surface area contributed by atoms with Crippen LogP contribution in [-0.2, 0) is 16.1 Å². The van der Waals surface area contributed by atoms with Gasteiger partial charge in [0.1, 0.15) is 5.82 Å². The van der Waals surface area contributed by atoms with Crippen LogP contribution in [0.15, 0.2) is 0 Å². The molecule has 0 aliphatic rings. The van der Waals surface area contributed by atoms with E-state index in [0.29, 0.717) is 11.6 Å². The van der Waals surface area contributed by atoms with Gasteiger partial charge in [0.25, 0.3) is 0 Å². The van der Waals surface area contributed by atoms with Gasteiger partial charge in [-0.15, -0.1) is 0 Å². The van der Waals surface area contributed by atoms with Crippen LogP contribution in [0.1, 0.15) is 11.6 Å². The van der Waals surface area contributed by atoms with Gasteiger partial charge in [0.15, 0.2) is 5.82 Å². The van der Waals surface area contributed by atoms with Crippen LogP contribution in [0.2, 0.25) is 0 Å². The molecule has 0 saturated carbocycles. The third-order valence-corrected chi connectivity index (χ3v) is 1.55. The Hall–Kier alpha value is -1.92. The number of carbonyl (C=O) groups excluding carboxylic acids is 1. The average Bonchev–Trinajstić information content (AvgIpc) is 2.49. The smallest absolute Gasteiger partial charge is 0.394 e. The number of aromatic nitrogens is 3. The number of nitrogens with zero attached hydrogens (tertiary/aromatic N) is 3. The molecular weight excluding hydrogens is 188 g/mol. The minimum Gasteiger partial charge on any atom is -0.474 e. The summed E-state index contributed by atoms with van der Waals surface area (Å²) in [5, 5.41) is 14.8. The van der Waals surface area contributed by atoms with Crippen molar-refractivity contribution in [3.05, 3.63) is 11.6 Å². The molecule has 14 heavy (non-hydrogen) atoms. The van der Waals surface area contributed by atoms with Crippen molar-refractivity contribution in [3.8, 4) is 0 Å². The lowest BCUT2D eigenvalue weighted by Crippen LogP contribution is -2.32. The molecular formula is C7H10N4O3. The molecule has 0 aromatic carbocycles. The van der Waals surface area contributed by atoms with Gasteiger partial charge in [0.2, 0.25) is 0 Å². The monoisotopic (exact) mass is 198 g/mol. The van der Waals surface area contributed by atoms with Crippen molar-refractivity contribution in [1.29, 1.82) is 0 Å². The quantitative estimate of drug-likeness (QED) is 0.603. The predicted molar refractivity (Wildman–Crippen MR) is 45.2 cm³/mol. The molecule has 76 valence electrons. The summed E-state index contributed by atoms with van der Waals surface area (Å²) < 4.78 is 0. The maximum atomic E-state index is 10.9. The van der Waals surface area contributed by atoms with Gasteiger partial charge in [0, 0.05) is 7.05 Å². The second-order valence-electron chi connectivity index (χ2n) is 2.80. The summed E-state index contributed by atoms with van der Waals surface area (Å²) in [6.07, 6.45) is 0. The summed E-state index contributed by atoms with van der Waals surface area (Å²) in [4.78, 5) is 26.2. The summed E-state index contributed by atoms with van der Waals surface area (Å²) in [7, 11) is 1.38. The molecule has 0 atom stereocenters. The number of aliphatic carboxylic acids is 1. The van der Waals surface area contributed by atoms with E-state index in [-0.39, 0.29) is 6.54 Å². The van der Waals surface area contributed by atoms with Gasteiger partial charge >= 0.3 is 11.9 Å². The summed E-state index contributed by atoms with van der Waals surface area (Å²) in [6.45, 7) is 1.80. The molecule has 1 amide bonds. The second-order valence-corrected chi connectivity index (χ2v) is 2.80. The summed E-state index contributed by atoms with van der Waals surface area (Å²) in [5.41, 5.74) is 0. The van der Waals surface area contributed by atoms with Crippen molar-refractivity contribution in [2.24, 2.45) is 0 Å². The van der Waals surface area contributed by atoms with E-state index in [2.05, 4.69) is 15.2 Å². The van der Waals surface area contributed by atoms with E-state index >= 15 is 0 Å². The molecule has 1 aromatic heterocycles. The summed E-state index contributed by atoms with van der Waals surface area (Å²) in [5.74, 6) is -1.46. The molecule has 0 spiro atoms. The van der Waals surface area contributed by atoms with Crippen LogP contribution >= 0.6 is 0 Å². The van der Waals surface area contributed by atoms with Crippen LogP contribution < -0.4 is 0 Å². The van der Waals surface area contributed by atoms with E-state index in [0.717, 1.165) is 4.90 Å². The van der Waals surface area contributed by atoms with Gasteiger partial charge in [-0.05, 0) is 6.92 Å².